The topological polar surface area (TPSA) is 60.2 Å². The fourth-order valence-electron chi connectivity index (χ4n) is 4.46. The van der Waals surface area contributed by atoms with Crippen molar-refractivity contribution in [3.63, 3.8) is 0 Å². The van der Waals surface area contributed by atoms with Crippen LogP contribution in [0.25, 0.3) is 10.9 Å². The van der Waals surface area contributed by atoms with Crippen LogP contribution in [0.2, 0.25) is 0 Å². The molecule has 0 aliphatic carbocycles. The van der Waals surface area contributed by atoms with Gasteiger partial charge >= 0.3 is 0 Å². The number of hydrogen-bond acceptors (Lipinski definition) is 3. The second-order valence-electron chi connectivity index (χ2n) is 7.99. The molecule has 3 heterocycles. The highest BCUT2D eigenvalue weighted by Crippen LogP contribution is 2.31. The number of hydrogen-bond donors (Lipinski definition) is 3. The number of rotatable bonds is 3. The summed E-state index contributed by atoms with van der Waals surface area (Å²) < 4.78 is 13.3. The maximum absolute atomic E-state index is 13.3. The van der Waals surface area contributed by atoms with Crippen molar-refractivity contribution in [2.45, 2.75) is 31.8 Å². The zero-order valence-electron chi connectivity index (χ0n) is 16.3. The Bertz CT molecular complexity index is 1040. The molecular weight excluding hydrogens is 367 g/mol. The van der Waals surface area contributed by atoms with Crippen molar-refractivity contribution >= 4 is 22.5 Å². The van der Waals surface area contributed by atoms with Crippen molar-refractivity contribution < 1.29 is 9.18 Å². The summed E-state index contributed by atoms with van der Waals surface area (Å²) in [7, 11) is 0. The van der Waals surface area contributed by atoms with E-state index in [1.165, 1.54) is 23.4 Å². The van der Waals surface area contributed by atoms with Gasteiger partial charge in [0.1, 0.15) is 5.82 Å². The zero-order chi connectivity index (χ0) is 19.8. The van der Waals surface area contributed by atoms with Crippen LogP contribution in [-0.4, -0.2) is 36.6 Å². The van der Waals surface area contributed by atoms with E-state index in [-0.39, 0.29) is 17.8 Å². The van der Waals surface area contributed by atoms with Crippen LogP contribution >= 0.6 is 0 Å². The summed E-state index contributed by atoms with van der Waals surface area (Å²) >= 11 is 0. The number of amides is 1. The highest BCUT2D eigenvalue weighted by Gasteiger charge is 2.22. The van der Waals surface area contributed by atoms with E-state index < -0.39 is 0 Å². The second kappa shape index (κ2) is 7.52. The molecule has 2 aliphatic heterocycles. The van der Waals surface area contributed by atoms with E-state index in [0.717, 1.165) is 62.0 Å². The molecule has 1 aromatic heterocycles. The number of benzene rings is 2. The number of fused-ring (bicyclic) bond motifs is 3. The summed E-state index contributed by atoms with van der Waals surface area (Å²) in [4.78, 5) is 18.6. The normalized spacial score (nSPS) is 17.3. The van der Waals surface area contributed by atoms with Crippen LogP contribution in [0.5, 0.6) is 0 Å². The lowest BCUT2D eigenvalue weighted by Gasteiger charge is -2.29. The van der Waals surface area contributed by atoms with Crippen molar-refractivity contribution in [2.24, 2.45) is 0 Å². The molecule has 1 amide bonds. The molecule has 3 N–H and O–H groups in total. The van der Waals surface area contributed by atoms with Crippen LogP contribution in [0.3, 0.4) is 0 Å². The number of carbonyl (C=O) groups excluding carboxylic acids is 1. The number of piperidine rings is 1. The summed E-state index contributed by atoms with van der Waals surface area (Å²) in [6.45, 7) is 3.54. The second-order valence-corrected chi connectivity index (χ2v) is 7.99. The summed E-state index contributed by atoms with van der Waals surface area (Å²) in [6, 6.07) is 12.8. The lowest BCUT2D eigenvalue weighted by molar-refractivity contribution is 0.0929. The smallest absolute Gasteiger partial charge is 0.251 e. The van der Waals surface area contributed by atoms with Gasteiger partial charge in [0.15, 0.2) is 0 Å². The Kier molecular flexibility index (Phi) is 4.72. The molecule has 0 saturated carbocycles. The summed E-state index contributed by atoms with van der Waals surface area (Å²) in [6.07, 6.45) is 2.85. The van der Waals surface area contributed by atoms with Crippen molar-refractivity contribution in [2.75, 3.05) is 24.5 Å². The van der Waals surface area contributed by atoms with Crippen LogP contribution in [0, 0.1) is 5.82 Å². The Morgan fingerprint density at radius 1 is 1.10 bits per heavy atom. The van der Waals surface area contributed by atoms with Crippen LogP contribution < -0.4 is 15.5 Å². The Hall–Kier alpha value is -2.86. The first-order valence-corrected chi connectivity index (χ1v) is 10.3. The third-order valence-corrected chi connectivity index (χ3v) is 6.10. The summed E-state index contributed by atoms with van der Waals surface area (Å²) in [5.41, 5.74) is 5.25. The lowest BCUT2D eigenvalue weighted by atomic mass is 10.0. The maximum Gasteiger partial charge on any atom is 0.251 e. The number of anilines is 1. The third kappa shape index (κ3) is 3.60. The number of H-pyrrole nitrogens is 1. The van der Waals surface area contributed by atoms with E-state index >= 15 is 0 Å². The fraction of sp³-hybridized carbons (Fsp3) is 0.348. The molecule has 5 nitrogen and oxygen atoms in total. The van der Waals surface area contributed by atoms with Gasteiger partial charge in [-0.15, -0.1) is 0 Å². The molecular formula is C23H25FN4O. The molecule has 29 heavy (non-hydrogen) atoms. The molecule has 2 aliphatic rings. The van der Waals surface area contributed by atoms with Crippen LogP contribution in [0.4, 0.5) is 10.1 Å². The molecule has 1 fully saturated rings. The Morgan fingerprint density at radius 2 is 1.90 bits per heavy atom. The lowest BCUT2D eigenvalue weighted by Crippen LogP contribution is -2.42. The largest absolute Gasteiger partial charge is 0.367 e. The average Bonchev–Trinajstić information content (AvgIpc) is 3.12. The van der Waals surface area contributed by atoms with Gasteiger partial charge in [-0.1, -0.05) is 0 Å². The van der Waals surface area contributed by atoms with Gasteiger partial charge in [-0.2, -0.15) is 0 Å². The highest BCUT2D eigenvalue weighted by atomic mass is 19.1. The van der Waals surface area contributed by atoms with Crippen molar-refractivity contribution in [1.29, 1.82) is 0 Å². The number of carbonyl (C=O) groups is 1. The Balaban J connectivity index is 1.41. The van der Waals surface area contributed by atoms with Gasteiger partial charge in [0.2, 0.25) is 0 Å². The van der Waals surface area contributed by atoms with Gasteiger partial charge in [0.05, 0.1) is 0 Å². The van der Waals surface area contributed by atoms with Gasteiger partial charge in [0, 0.05) is 59.0 Å². The third-order valence-electron chi connectivity index (χ3n) is 6.10. The van der Waals surface area contributed by atoms with E-state index in [1.807, 2.05) is 30.3 Å². The SMILES string of the molecule is O=C(NC1CCNCC1)c1ccc2[nH]c3c(c2c1)CN(c1ccc(F)cc1)CC3. The zero-order valence-corrected chi connectivity index (χ0v) is 16.3. The molecule has 0 bridgehead atoms. The van der Waals surface area contributed by atoms with E-state index in [9.17, 15) is 9.18 Å². The molecule has 3 aromatic rings. The van der Waals surface area contributed by atoms with Gasteiger partial charge in [-0.25, -0.2) is 4.39 Å². The Morgan fingerprint density at radius 3 is 2.69 bits per heavy atom. The number of aromatic nitrogens is 1. The molecule has 0 atom stereocenters. The quantitative estimate of drug-likeness (QED) is 0.641. The number of aromatic amines is 1. The molecule has 0 radical (unpaired) electrons. The first-order chi connectivity index (χ1) is 14.2. The van der Waals surface area contributed by atoms with E-state index in [2.05, 4.69) is 20.5 Å². The van der Waals surface area contributed by atoms with E-state index in [1.54, 1.807) is 0 Å². The maximum atomic E-state index is 13.3. The molecule has 6 heteroatoms. The summed E-state index contributed by atoms with van der Waals surface area (Å²) in [5.74, 6) is -0.220. The molecule has 150 valence electrons. The standard InChI is InChI=1S/C23H25FN4O/c24-16-2-4-18(5-3-16)28-12-9-22-20(14-28)19-13-15(1-6-21(19)27-22)23(29)26-17-7-10-25-11-8-17/h1-6,13,17,25,27H,7-12,14H2,(H,26,29). The molecule has 1 saturated heterocycles. The molecule has 0 unspecified atom stereocenters. The van der Waals surface area contributed by atoms with Crippen LogP contribution in [-0.2, 0) is 13.0 Å². The molecule has 2 aromatic carbocycles. The van der Waals surface area contributed by atoms with Crippen molar-refractivity contribution in [1.82, 2.24) is 15.6 Å². The predicted molar refractivity (Wildman–Crippen MR) is 113 cm³/mol. The minimum atomic E-state index is -0.219. The van der Waals surface area contributed by atoms with Crippen molar-refractivity contribution in [3.8, 4) is 0 Å². The monoisotopic (exact) mass is 392 g/mol. The summed E-state index contributed by atoms with van der Waals surface area (Å²) in [5, 5.41) is 7.60. The van der Waals surface area contributed by atoms with E-state index in [4.69, 9.17) is 0 Å². The minimum absolute atomic E-state index is 0.0000462. The average molecular weight is 392 g/mol. The minimum Gasteiger partial charge on any atom is -0.367 e. The van der Waals surface area contributed by atoms with Gasteiger partial charge in [0.25, 0.3) is 5.91 Å². The molecule has 0 spiro atoms. The van der Waals surface area contributed by atoms with Crippen LogP contribution in [0.1, 0.15) is 34.5 Å². The van der Waals surface area contributed by atoms with Gasteiger partial charge in [-0.3, -0.25) is 4.79 Å². The number of nitrogens with zero attached hydrogens (tertiary/aromatic N) is 1. The predicted octanol–water partition coefficient (Wildman–Crippen LogP) is 3.35. The van der Waals surface area contributed by atoms with Crippen LogP contribution in [0.15, 0.2) is 42.5 Å². The van der Waals surface area contributed by atoms with Gasteiger partial charge < -0.3 is 20.5 Å². The van der Waals surface area contributed by atoms with Gasteiger partial charge in [-0.05, 0) is 68.4 Å². The number of halogens is 1. The fourth-order valence-corrected chi connectivity index (χ4v) is 4.46. The highest BCUT2D eigenvalue weighted by molar-refractivity contribution is 5.99. The van der Waals surface area contributed by atoms with E-state index in [0.29, 0.717) is 5.56 Å². The van der Waals surface area contributed by atoms with Crippen molar-refractivity contribution in [3.05, 3.63) is 65.1 Å². The number of nitrogens with one attached hydrogen (secondary N) is 3. The first kappa shape index (κ1) is 18.2. The Labute approximate surface area is 169 Å². The molecule has 5 rings (SSSR count). The first-order valence-electron chi connectivity index (χ1n) is 10.3.